The van der Waals surface area contributed by atoms with Crippen LogP contribution in [0.5, 0.6) is 0 Å². The van der Waals surface area contributed by atoms with E-state index in [9.17, 15) is 26.7 Å². The van der Waals surface area contributed by atoms with Crippen molar-refractivity contribution in [2.45, 2.75) is 30.2 Å². The molecule has 0 aliphatic heterocycles. The van der Waals surface area contributed by atoms with Gasteiger partial charge in [0.05, 0.1) is 18.6 Å². The Kier molecular flexibility index (Phi) is 6.17. The number of benzene rings is 1. The third-order valence-electron chi connectivity index (χ3n) is 2.49. The third kappa shape index (κ3) is 4.87. The molecule has 0 saturated carbocycles. The van der Waals surface area contributed by atoms with E-state index in [4.69, 9.17) is 5.26 Å². The normalized spacial score (nSPS) is 11.4. The molecule has 0 fully saturated rings. The highest BCUT2D eigenvalue weighted by molar-refractivity contribution is 8.00. The average molecular weight is 339 g/mol. The fourth-order valence-electron chi connectivity index (χ4n) is 1.74. The Labute approximate surface area is 127 Å². The minimum Gasteiger partial charge on any atom is -0.466 e. The molecule has 1 aromatic rings. The van der Waals surface area contributed by atoms with Gasteiger partial charge >= 0.3 is 11.5 Å². The van der Waals surface area contributed by atoms with E-state index in [1.807, 2.05) is 0 Å². The minimum absolute atomic E-state index is 0.0377. The highest BCUT2D eigenvalue weighted by atomic mass is 32.2. The number of hydrogen-bond donors (Lipinski definition) is 0. The fraction of sp³-hybridized carbons (Fsp3) is 0.385. The molecule has 0 aromatic heterocycles. The first-order chi connectivity index (χ1) is 10.2. The van der Waals surface area contributed by atoms with Crippen LogP contribution >= 0.6 is 11.8 Å². The minimum atomic E-state index is -4.71. The van der Waals surface area contributed by atoms with E-state index in [1.165, 1.54) is 13.0 Å². The Bertz CT molecular complexity index is 595. The van der Waals surface area contributed by atoms with Gasteiger partial charge in [0.1, 0.15) is 6.07 Å². The Morgan fingerprint density at radius 3 is 2.50 bits per heavy atom. The van der Waals surface area contributed by atoms with Crippen LogP contribution in [-0.2, 0) is 16.0 Å². The lowest BCUT2D eigenvalue weighted by Crippen LogP contribution is -2.11. The number of ether oxygens (including phenoxy) is 1. The molecule has 0 spiro atoms. The predicted octanol–water partition coefficient (Wildman–Crippen LogP) is 4.21. The van der Waals surface area contributed by atoms with Crippen LogP contribution in [-0.4, -0.2) is 18.1 Å². The van der Waals surface area contributed by atoms with Gasteiger partial charge in [0, 0.05) is 10.5 Å². The maximum Gasteiger partial charge on any atom is 0.446 e. The van der Waals surface area contributed by atoms with Crippen LogP contribution < -0.4 is 0 Å². The first kappa shape index (κ1) is 18.2. The van der Waals surface area contributed by atoms with Gasteiger partial charge in [-0.1, -0.05) is 6.07 Å². The van der Waals surface area contributed by atoms with E-state index in [1.54, 1.807) is 0 Å². The SMILES string of the molecule is CCOC(=O)Cc1ccc(SC(F)(F)F)c(C#N)c1C(F)F. The molecular formula is C13H10F5NO2S. The lowest BCUT2D eigenvalue weighted by atomic mass is 9.99. The lowest BCUT2D eigenvalue weighted by molar-refractivity contribution is -0.142. The van der Waals surface area contributed by atoms with Gasteiger partial charge < -0.3 is 4.74 Å². The number of esters is 1. The monoisotopic (exact) mass is 339 g/mol. The largest absolute Gasteiger partial charge is 0.466 e. The van der Waals surface area contributed by atoms with Crippen LogP contribution in [0.15, 0.2) is 17.0 Å². The molecule has 0 unspecified atom stereocenters. The van der Waals surface area contributed by atoms with E-state index >= 15 is 0 Å². The zero-order valence-corrected chi connectivity index (χ0v) is 12.0. The number of nitrogens with zero attached hydrogens (tertiary/aromatic N) is 1. The number of rotatable bonds is 5. The Hall–Kier alpha value is -1.82. The molecule has 0 N–H and O–H groups in total. The van der Waals surface area contributed by atoms with Crippen molar-refractivity contribution >= 4 is 17.7 Å². The van der Waals surface area contributed by atoms with Gasteiger partial charge in [-0.25, -0.2) is 8.78 Å². The molecule has 1 aromatic carbocycles. The van der Waals surface area contributed by atoms with Crippen LogP contribution in [0.1, 0.15) is 30.0 Å². The standard InChI is InChI=1S/C13H10F5NO2S/c1-2-21-10(20)5-7-3-4-9(22-13(16,17)18)8(6-19)11(7)12(14)15/h3-4,12H,2,5H2,1H3. The summed E-state index contributed by atoms with van der Waals surface area (Å²) in [5.41, 5.74) is -6.59. The molecule has 0 atom stereocenters. The van der Waals surface area contributed by atoms with E-state index in [-0.39, 0.29) is 12.2 Å². The van der Waals surface area contributed by atoms with E-state index in [2.05, 4.69) is 4.74 Å². The molecule has 0 bridgehead atoms. The third-order valence-corrected chi connectivity index (χ3v) is 3.28. The maximum atomic E-state index is 13.1. The van der Waals surface area contributed by atoms with Crippen molar-refractivity contribution in [2.75, 3.05) is 6.61 Å². The zero-order chi connectivity index (χ0) is 16.9. The summed E-state index contributed by atoms with van der Waals surface area (Å²) in [7, 11) is 0. The second-order valence-electron chi connectivity index (χ2n) is 3.95. The Balaban J connectivity index is 3.32. The molecule has 0 saturated heterocycles. The zero-order valence-electron chi connectivity index (χ0n) is 11.2. The average Bonchev–Trinajstić information content (AvgIpc) is 2.38. The number of carbonyl (C=O) groups excluding carboxylic acids is 1. The molecule has 0 radical (unpaired) electrons. The van der Waals surface area contributed by atoms with Gasteiger partial charge in [-0.15, -0.1) is 0 Å². The van der Waals surface area contributed by atoms with Crippen molar-refractivity contribution in [3.8, 4) is 6.07 Å². The number of carbonyl (C=O) groups is 1. The van der Waals surface area contributed by atoms with Crippen LogP contribution in [0, 0.1) is 11.3 Å². The predicted molar refractivity (Wildman–Crippen MR) is 68.4 cm³/mol. The van der Waals surface area contributed by atoms with Crippen molar-refractivity contribution in [1.29, 1.82) is 5.26 Å². The van der Waals surface area contributed by atoms with Gasteiger partial charge in [0.25, 0.3) is 6.43 Å². The summed E-state index contributed by atoms with van der Waals surface area (Å²) in [4.78, 5) is 10.7. The fourth-order valence-corrected chi connectivity index (χ4v) is 2.38. The molecule has 1 rings (SSSR count). The Morgan fingerprint density at radius 1 is 1.41 bits per heavy atom. The van der Waals surface area contributed by atoms with Crippen molar-refractivity contribution < 1.29 is 31.5 Å². The summed E-state index contributed by atoms with van der Waals surface area (Å²) in [5.74, 6) is -0.801. The van der Waals surface area contributed by atoms with Crippen LogP contribution in [0.3, 0.4) is 0 Å². The first-order valence-electron chi connectivity index (χ1n) is 5.95. The number of alkyl halides is 5. The van der Waals surface area contributed by atoms with Crippen molar-refractivity contribution in [1.82, 2.24) is 0 Å². The smallest absolute Gasteiger partial charge is 0.446 e. The van der Waals surface area contributed by atoms with Crippen LogP contribution in [0.4, 0.5) is 22.0 Å². The first-order valence-corrected chi connectivity index (χ1v) is 6.76. The highest BCUT2D eigenvalue weighted by Crippen LogP contribution is 2.41. The summed E-state index contributed by atoms with van der Waals surface area (Å²) < 4.78 is 68.1. The summed E-state index contributed by atoms with van der Waals surface area (Å²) in [5, 5.41) is 8.93. The van der Waals surface area contributed by atoms with Crippen molar-refractivity contribution in [3.05, 3.63) is 28.8 Å². The topological polar surface area (TPSA) is 50.1 Å². The van der Waals surface area contributed by atoms with Gasteiger partial charge in [-0.05, 0) is 30.3 Å². The van der Waals surface area contributed by atoms with Gasteiger partial charge in [-0.2, -0.15) is 18.4 Å². The molecule has 9 heteroatoms. The van der Waals surface area contributed by atoms with Gasteiger partial charge in [0.15, 0.2) is 0 Å². The summed E-state index contributed by atoms with van der Waals surface area (Å²) in [6.07, 6.45) is -3.73. The molecule has 3 nitrogen and oxygen atoms in total. The van der Waals surface area contributed by atoms with Crippen LogP contribution in [0.25, 0.3) is 0 Å². The van der Waals surface area contributed by atoms with E-state index < -0.39 is 52.1 Å². The molecule has 0 amide bonds. The molecule has 0 aliphatic carbocycles. The van der Waals surface area contributed by atoms with Gasteiger partial charge in [-0.3, -0.25) is 4.79 Å². The number of hydrogen-bond acceptors (Lipinski definition) is 4. The second-order valence-corrected chi connectivity index (χ2v) is 5.06. The molecule has 22 heavy (non-hydrogen) atoms. The highest BCUT2D eigenvalue weighted by Gasteiger charge is 2.32. The maximum absolute atomic E-state index is 13.1. The summed E-state index contributed by atoms with van der Waals surface area (Å²) in [6, 6.07) is 3.24. The summed E-state index contributed by atoms with van der Waals surface area (Å²) in [6.45, 7) is 1.56. The number of thioether (sulfide) groups is 1. The number of halogens is 5. The second kappa shape index (κ2) is 7.45. The van der Waals surface area contributed by atoms with E-state index in [0.717, 1.165) is 12.1 Å². The molecule has 0 aliphatic rings. The molecule has 0 heterocycles. The lowest BCUT2D eigenvalue weighted by Gasteiger charge is -2.14. The molecular weight excluding hydrogens is 329 g/mol. The van der Waals surface area contributed by atoms with Crippen molar-refractivity contribution in [3.63, 3.8) is 0 Å². The van der Waals surface area contributed by atoms with Gasteiger partial charge in [0.2, 0.25) is 0 Å². The number of nitriles is 1. The molecule has 120 valence electrons. The van der Waals surface area contributed by atoms with E-state index in [0.29, 0.717) is 0 Å². The quantitative estimate of drug-likeness (QED) is 0.458. The summed E-state index contributed by atoms with van der Waals surface area (Å²) >= 11 is -0.651. The van der Waals surface area contributed by atoms with Crippen LogP contribution in [0.2, 0.25) is 0 Å². The Morgan fingerprint density at radius 2 is 2.05 bits per heavy atom. The van der Waals surface area contributed by atoms with Crippen molar-refractivity contribution in [2.24, 2.45) is 0 Å².